The molecule has 1 aliphatic rings. The van der Waals surface area contributed by atoms with Crippen LogP contribution in [0.5, 0.6) is 0 Å². The van der Waals surface area contributed by atoms with Crippen molar-refractivity contribution in [2.45, 2.75) is 12.6 Å². The first-order chi connectivity index (χ1) is 8.16. The highest BCUT2D eigenvalue weighted by Crippen LogP contribution is 2.20. The fourth-order valence-corrected chi connectivity index (χ4v) is 2.95. The summed E-state index contributed by atoms with van der Waals surface area (Å²) in [5, 5.41) is 7.14. The summed E-state index contributed by atoms with van der Waals surface area (Å²) in [6, 6.07) is 5.17. The van der Waals surface area contributed by atoms with Crippen LogP contribution in [-0.2, 0) is 11.3 Å². The molecule has 0 bridgehead atoms. The minimum absolute atomic E-state index is 0. The van der Waals surface area contributed by atoms with Crippen LogP contribution in [0.2, 0.25) is 10.0 Å². The molecule has 1 fully saturated rings. The third kappa shape index (κ3) is 4.21. The quantitative estimate of drug-likeness (QED) is 0.897. The molecule has 1 unspecified atom stereocenters. The molecule has 0 saturated carbocycles. The summed E-state index contributed by atoms with van der Waals surface area (Å²) < 4.78 is 0. The molecule has 1 aromatic rings. The lowest BCUT2D eigenvalue weighted by Crippen LogP contribution is -2.41. The molecule has 0 aliphatic carbocycles. The van der Waals surface area contributed by atoms with Crippen molar-refractivity contribution in [3.8, 4) is 0 Å². The number of halogens is 3. The molecule has 1 atom stereocenters. The Kier molecular flexibility index (Phi) is 6.60. The van der Waals surface area contributed by atoms with E-state index in [9.17, 15) is 4.79 Å². The van der Waals surface area contributed by atoms with E-state index in [1.165, 1.54) is 0 Å². The van der Waals surface area contributed by atoms with Gasteiger partial charge in [-0.1, -0.05) is 29.3 Å². The van der Waals surface area contributed by atoms with Crippen LogP contribution in [-0.4, -0.2) is 23.6 Å². The number of hydrogen-bond acceptors (Lipinski definition) is 3. The van der Waals surface area contributed by atoms with Gasteiger partial charge in [0.1, 0.15) is 0 Å². The Morgan fingerprint density at radius 3 is 2.89 bits per heavy atom. The Morgan fingerprint density at radius 2 is 2.28 bits per heavy atom. The van der Waals surface area contributed by atoms with Gasteiger partial charge in [-0.2, -0.15) is 0 Å². The van der Waals surface area contributed by atoms with Crippen molar-refractivity contribution in [1.82, 2.24) is 10.6 Å². The molecular weight excluding hydrogens is 315 g/mol. The van der Waals surface area contributed by atoms with Crippen LogP contribution >= 0.6 is 47.4 Å². The summed E-state index contributed by atoms with van der Waals surface area (Å²) in [4.78, 5) is 11.7. The van der Waals surface area contributed by atoms with Gasteiger partial charge in [-0.05, 0) is 17.7 Å². The predicted octanol–water partition coefficient (Wildman–Crippen LogP) is 2.69. The van der Waals surface area contributed by atoms with Crippen LogP contribution in [0.1, 0.15) is 5.56 Å². The molecule has 0 aromatic heterocycles. The van der Waals surface area contributed by atoms with Gasteiger partial charge in [-0.25, -0.2) is 0 Å². The zero-order chi connectivity index (χ0) is 12.3. The van der Waals surface area contributed by atoms with Gasteiger partial charge >= 0.3 is 0 Å². The normalized spacial score (nSPS) is 18.2. The highest BCUT2D eigenvalue weighted by atomic mass is 35.5. The molecule has 1 heterocycles. The van der Waals surface area contributed by atoms with E-state index in [4.69, 9.17) is 23.2 Å². The van der Waals surface area contributed by atoms with Crippen LogP contribution in [0.3, 0.4) is 0 Å². The van der Waals surface area contributed by atoms with Crippen molar-refractivity contribution >= 4 is 53.3 Å². The summed E-state index contributed by atoms with van der Waals surface area (Å²) in [5.41, 5.74) is 0.870. The Bertz CT molecular complexity index is 425. The Morgan fingerprint density at radius 1 is 1.50 bits per heavy atom. The lowest BCUT2D eigenvalue weighted by atomic mass is 10.2. The number of benzene rings is 1. The Hall–Kier alpha value is -0.130. The van der Waals surface area contributed by atoms with E-state index in [1.807, 2.05) is 6.07 Å². The van der Waals surface area contributed by atoms with Crippen molar-refractivity contribution in [1.29, 1.82) is 0 Å². The number of amides is 1. The molecule has 1 aromatic carbocycles. The Labute approximate surface area is 126 Å². The lowest BCUT2D eigenvalue weighted by molar-refractivity contribution is -0.122. The van der Waals surface area contributed by atoms with Gasteiger partial charge < -0.3 is 5.32 Å². The molecule has 1 aliphatic heterocycles. The molecule has 2 rings (SSSR count). The predicted molar refractivity (Wildman–Crippen MR) is 79.8 cm³/mol. The number of nitrogens with one attached hydrogen (secondary N) is 2. The van der Waals surface area contributed by atoms with Crippen LogP contribution in [0.15, 0.2) is 18.2 Å². The van der Waals surface area contributed by atoms with Crippen molar-refractivity contribution in [3.05, 3.63) is 33.8 Å². The molecule has 0 radical (unpaired) electrons. The number of carbonyl (C=O) groups excluding carboxylic acids is 1. The molecule has 0 spiro atoms. The lowest BCUT2D eigenvalue weighted by Gasteiger charge is -2.11. The minimum Gasteiger partial charge on any atom is -0.351 e. The highest BCUT2D eigenvalue weighted by molar-refractivity contribution is 7.99. The van der Waals surface area contributed by atoms with E-state index >= 15 is 0 Å². The third-order valence-electron chi connectivity index (χ3n) is 2.50. The van der Waals surface area contributed by atoms with Gasteiger partial charge in [0, 0.05) is 28.2 Å². The van der Waals surface area contributed by atoms with Crippen LogP contribution in [0, 0.1) is 0 Å². The number of rotatable bonds is 3. The second kappa shape index (κ2) is 7.46. The van der Waals surface area contributed by atoms with E-state index in [0.717, 1.165) is 17.2 Å². The standard InChI is InChI=1S/C11H12Cl2N2OS.ClH/c12-8-2-1-7(9(13)3-8)4-14-11(16)10-5-17-6-15-10;/h1-3,10,15H,4-6H2,(H,14,16);1H. The van der Waals surface area contributed by atoms with Gasteiger partial charge in [-0.15, -0.1) is 24.2 Å². The van der Waals surface area contributed by atoms with E-state index < -0.39 is 0 Å². The summed E-state index contributed by atoms with van der Waals surface area (Å²) in [5.74, 6) is 1.67. The van der Waals surface area contributed by atoms with Gasteiger partial charge in [0.15, 0.2) is 0 Å². The van der Waals surface area contributed by atoms with E-state index in [-0.39, 0.29) is 24.4 Å². The van der Waals surface area contributed by atoms with Crippen LogP contribution < -0.4 is 10.6 Å². The maximum absolute atomic E-state index is 11.7. The van der Waals surface area contributed by atoms with Gasteiger partial charge in [0.2, 0.25) is 5.91 Å². The first-order valence-corrected chi connectivity index (χ1v) is 7.10. The van der Waals surface area contributed by atoms with E-state index in [1.54, 1.807) is 23.9 Å². The third-order valence-corrected chi connectivity index (χ3v) is 4.03. The smallest absolute Gasteiger partial charge is 0.238 e. The van der Waals surface area contributed by atoms with Gasteiger partial charge in [0.25, 0.3) is 0 Å². The summed E-state index contributed by atoms with van der Waals surface area (Å²) in [7, 11) is 0. The maximum atomic E-state index is 11.7. The number of thioether (sulfide) groups is 1. The molecule has 1 saturated heterocycles. The fourth-order valence-electron chi connectivity index (χ4n) is 1.53. The van der Waals surface area contributed by atoms with Crippen LogP contribution in [0.25, 0.3) is 0 Å². The molecule has 2 N–H and O–H groups in total. The second-order valence-corrected chi connectivity index (χ2v) is 5.60. The molecule has 7 heteroatoms. The molecule has 1 amide bonds. The SMILES string of the molecule is Cl.O=C(NCc1ccc(Cl)cc1Cl)C1CSCN1. The number of hydrogen-bond donors (Lipinski definition) is 2. The molecule has 3 nitrogen and oxygen atoms in total. The first kappa shape index (κ1) is 15.9. The maximum Gasteiger partial charge on any atom is 0.238 e. The second-order valence-electron chi connectivity index (χ2n) is 3.73. The monoisotopic (exact) mass is 326 g/mol. The number of carbonyl (C=O) groups is 1. The van der Waals surface area contributed by atoms with E-state index in [0.29, 0.717) is 16.6 Å². The van der Waals surface area contributed by atoms with E-state index in [2.05, 4.69) is 10.6 Å². The average molecular weight is 328 g/mol. The largest absolute Gasteiger partial charge is 0.351 e. The minimum atomic E-state index is -0.0916. The van der Waals surface area contributed by atoms with Crippen LogP contribution in [0.4, 0.5) is 0 Å². The van der Waals surface area contributed by atoms with Gasteiger partial charge in [0.05, 0.1) is 6.04 Å². The van der Waals surface area contributed by atoms with Crippen molar-refractivity contribution < 1.29 is 4.79 Å². The topological polar surface area (TPSA) is 41.1 Å². The summed E-state index contributed by atoms with van der Waals surface area (Å²) in [6.07, 6.45) is 0. The van der Waals surface area contributed by atoms with Gasteiger partial charge in [-0.3, -0.25) is 10.1 Å². The molecule has 18 heavy (non-hydrogen) atoms. The zero-order valence-electron chi connectivity index (χ0n) is 9.41. The molecule has 100 valence electrons. The summed E-state index contributed by atoms with van der Waals surface area (Å²) in [6.45, 7) is 0.428. The van der Waals surface area contributed by atoms with Crippen molar-refractivity contribution in [2.75, 3.05) is 11.6 Å². The molecular formula is C11H13Cl3N2OS. The zero-order valence-corrected chi connectivity index (χ0v) is 12.6. The summed E-state index contributed by atoms with van der Waals surface area (Å²) >= 11 is 13.5. The van der Waals surface area contributed by atoms with Crippen molar-refractivity contribution in [2.24, 2.45) is 0 Å². The Balaban J connectivity index is 0.00000162. The van der Waals surface area contributed by atoms with Crippen molar-refractivity contribution in [3.63, 3.8) is 0 Å². The fraction of sp³-hybridized carbons (Fsp3) is 0.364. The first-order valence-electron chi connectivity index (χ1n) is 5.19. The average Bonchev–Trinajstić information content (AvgIpc) is 2.81. The highest BCUT2D eigenvalue weighted by Gasteiger charge is 2.22.